The lowest BCUT2D eigenvalue weighted by molar-refractivity contribution is -0.153. The molecule has 4 aliphatic rings. The zero-order valence-electron chi connectivity index (χ0n) is 22.0. The van der Waals surface area contributed by atoms with Crippen molar-refractivity contribution in [3.63, 3.8) is 0 Å². The average molecular weight is 459 g/mol. The molecule has 0 radical (unpaired) electrons. The number of hydrogen-bond donors (Lipinski definition) is 2. The maximum Gasteiger partial charge on any atom is 0.303 e. The first-order valence-electron chi connectivity index (χ1n) is 14.0. The zero-order chi connectivity index (χ0) is 24.2. The number of aliphatic hydroxyl groups is 1. The Morgan fingerprint density at radius 1 is 1.06 bits per heavy atom. The summed E-state index contributed by atoms with van der Waals surface area (Å²) in [6, 6.07) is 0. The van der Waals surface area contributed by atoms with E-state index in [1.54, 1.807) is 0 Å². The van der Waals surface area contributed by atoms with Gasteiger partial charge in [-0.2, -0.15) is 0 Å². The third-order valence-corrected chi connectivity index (χ3v) is 12.3. The summed E-state index contributed by atoms with van der Waals surface area (Å²) in [7, 11) is 0. The number of carboxylic acid groups (broad SMARTS) is 1. The molecule has 0 aromatic carbocycles. The summed E-state index contributed by atoms with van der Waals surface area (Å²) in [5.74, 6) is 2.72. The smallest absolute Gasteiger partial charge is 0.303 e. The maximum absolute atomic E-state index is 12.0. The molecule has 0 aliphatic heterocycles. The summed E-state index contributed by atoms with van der Waals surface area (Å²) in [5.41, 5.74) is 1.94. The first-order valence-corrected chi connectivity index (χ1v) is 14.0. The topological polar surface area (TPSA) is 57.5 Å². The molecule has 4 saturated carbocycles. The molecular weight excluding hydrogens is 408 g/mol. The minimum atomic E-state index is -0.692. The molecule has 3 nitrogen and oxygen atoms in total. The SMILES string of the molecule is C=C(C)[C@H]1CCC2(C)C3C[C@H](O)[C@@]4(C)C(CCC3CC[C@]2(C)C1)CCC4C(C)CCC(=O)O. The highest BCUT2D eigenvalue weighted by Gasteiger charge is 2.60. The van der Waals surface area contributed by atoms with Gasteiger partial charge in [0.15, 0.2) is 0 Å². The van der Waals surface area contributed by atoms with Crippen molar-refractivity contribution < 1.29 is 15.0 Å². The highest BCUT2D eigenvalue weighted by atomic mass is 16.4. The van der Waals surface area contributed by atoms with Gasteiger partial charge in [0, 0.05) is 6.42 Å². The zero-order valence-corrected chi connectivity index (χ0v) is 22.0. The number of allylic oxidation sites excluding steroid dienone is 1. The van der Waals surface area contributed by atoms with Crippen LogP contribution in [-0.2, 0) is 4.79 Å². The van der Waals surface area contributed by atoms with Gasteiger partial charge in [0.1, 0.15) is 0 Å². The molecule has 188 valence electrons. The minimum Gasteiger partial charge on any atom is -0.481 e. The van der Waals surface area contributed by atoms with Crippen molar-refractivity contribution in [2.24, 2.45) is 51.8 Å². The van der Waals surface area contributed by atoms with E-state index in [0.29, 0.717) is 40.4 Å². The molecule has 0 aromatic rings. The quantitative estimate of drug-likeness (QED) is 0.420. The summed E-state index contributed by atoms with van der Waals surface area (Å²) in [5, 5.41) is 21.2. The number of carboxylic acids is 1. The van der Waals surface area contributed by atoms with Crippen molar-refractivity contribution in [2.45, 2.75) is 118 Å². The van der Waals surface area contributed by atoms with Gasteiger partial charge >= 0.3 is 5.97 Å². The molecule has 4 rings (SSSR count). The van der Waals surface area contributed by atoms with Crippen LogP contribution in [0.15, 0.2) is 12.2 Å². The third kappa shape index (κ3) is 4.13. The number of fused-ring (bicyclic) bond motifs is 4. The first-order chi connectivity index (χ1) is 15.4. The van der Waals surface area contributed by atoms with Crippen molar-refractivity contribution in [3.8, 4) is 0 Å². The highest BCUT2D eigenvalue weighted by Crippen LogP contribution is 2.68. The van der Waals surface area contributed by atoms with Crippen LogP contribution in [0.4, 0.5) is 0 Å². The molecule has 33 heavy (non-hydrogen) atoms. The Hall–Kier alpha value is -0.830. The second kappa shape index (κ2) is 8.99. The third-order valence-electron chi connectivity index (χ3n) is 12.3. The predicted octanol–water partition coefficient (Wildman–Crippen LogP) is 7.48. The molecule has 3 heteroatoms. The van der Waals surface area contributed by atoms with Gasteiger partial charge < -0.3 is 10.2 Å². The Morgan fingerprint density at radius 3 is 2.42 bits per heavy atom. The molecule has 4 fully saturated rings. The molecule has 0 amide bonds. The van der Waals surface area contributed by atoms with Gasteiger partial charge in [-0.15, -0.1) is 0 Å². The van der Waals surface area contributed by atoms with Crippen LogP contribution in [0.1, 0.15) is 112 Å². The number of aliphatic hydroxyl groups excluding tert-OH is 1. The molecule has 4 aliphatic carbocycles. The molecule has 0 bridgehead atoms. The summed E-state index contributed by atoms with van der Waals surface area (Å²) in [6.45, 7) is 16.3. The van der Waals surface area contributed by atoms with Crippen LogP contribution in [0.3, 0.4) is 0 Å². The lowest BCUT2D eigenvalue weighted by atomic mass is 9.42. The van der Waals surface area contributed by atoms with E-state index in [2.05, 4.69) is 41.2 Å². The Kier molecular flexibility index (Phi) is 6.89. The molecule has 2 N–H and O–H groups in total. The number of aliphatic carboxylic acids is 1. The molecule has 10 atom stereocenters. The van der Waals surface area contributed by atoms with Crippen LogP contribution in [0.2, 0.25) is 0 Å². The summed E-state index contributed by atoms with van der Waals surface area (Å²) in [4.78, 5) is 11.2. The lowest BCUT2D eigenvalue weighted by Crippen LogP contribution is -2.56. The van der Waals surface area contributed by atoms with Gasteiger partial charge in [-0.05, 0) is 129 Å². The van der Waals surface area contributed by atoms with Crippen LogP contribution < -0.4 is 0 Å². The number of hydrogen-bond acceptors (Lipinski definition) is 2. The fourth-order valence-corrected chi connectivity index (χ4v) is 9.76. The molecule has 0 heterocycles. The van der Waals surface area contributed by atoms with Crippen molar-refractivity contribution in [3.05, 3.63) is 12.2 Å². The van der Waals surface area contributed by atoms with E-state index >= 15 is 0 Å². The molecule has 6 unspecified atom stereocenters. The standard InChI is InChI=1S/C30H50O3/c1-19(2)22-14-16-29(5)25-17-26(31)30(6)23(9-8-21(25)13-15-28(29,4)18-22)10-11-24(30)20(3)7-12-27(32)33/h20-26,31H,1,7-18H2,2-6H3,(H,32,33)/t20?,21?,22-,23?,24?,25?,26-,28+,29?,30-/m0/s1. The average Bonchev–Trinajstić information content (AvgIpc) is 3.08. The monoisotopic (exact) mass is 458 g/mol. The summed E-state index contributed by atoms with van der Waals surface area (Å²) >= 11 is 0. The summed E-state index contributed by atoms with van der Waals surface area (Å²) < 4.78 is 0. The second-order valence-corrected chi connectivity index (χ2v) is 13.7. The van der Waals surface area contributed by atoms with Crippen LogP contribution in [-0.4, -0.2) is 22.3 Å². The van der Waals surface area contributed by atoms with Crippen molar-refractivity contribution in [2.75, 3.05) is 0 Å². The summed E-state index contributed by atoms with van der Waals surface area (Å²) in [6.07, 6.45) is 13.1. The van der Waals surface area contributed by atoms with Gasteiger partial charge in [0.25, 0.3) is 0 Å². The Labute approximate surface area is 202 Å². The van der Waals surface area contributed by atoms with Crippen LogP contribution in [0, 0.1) is 51.8 Å². The molecule has 0 spiro atoms. The van der Waals surface area contributed by atoms with E-state index < -0.39 is 5.97 Å². The Balaban J connectivity index is 1.59. The van der Waals surface area contributed by atoms with Gasteiger partial charge in [-0.25, -0.2) is 0 Å². The Bertz CT molecular complexity index is 760. The second-order valence-electron chi connectivity index (χ2n) is 13.7. The lowest BCUT2D eigenvalue weighted by Gasteiger charge is -2.63. The van der Waals surface area contributed by atoms with E-state index in [4.69, 9.17) is 0 Å². The van der Waals surface area contributed by atoms with Gasteiger partial charge in [0.2, 0.25) is 0 Å². The van der Waals surface area contributed by atoms with Crippen molar-refractivity contribution in [1.82, 2.24) is 0 Å². The minimum absolute atomic E-state index is 0.0675. The highest BCUT2D eigenvalue weighted by molar-refractivity contribution is 5.66. The molecule has 0 saturated heterocycles. The van der Waals surface area contributed by atoms with Crippen LogP contribution in [0.5, 0.6) is 0 Å². The molecule has 0 aromatic heterocycles. The largest absolute Gasteiger partial charge is 0.481 e. The van der Waals surface area contributed by atoms with E-state index in [1.165, 1.54) is 56.9 Å². The van der Waals surface area contributed by atoms with Gasteiger partial charge in [0.05, 0.1) is 6.10 Å². The van der Waals surface area contributed by atoms with Crippen molar-refractivity contribution in [1.29, 1.82) is 0 Å². The Morgan fingerprint density at radius 2 is 1.76 bits per heavy atom. The fourth-order valence-electron chi connectivity index (χ4n) is 9.76. The van der Waals surface area contributed by atoms with Crippen LogP contribution >= 0.6 is 0 Å². The van der Waals surface area contributed by atoms with E-state index in [-0.39, 0.29) is 17.9 Å². The normalized spacial score (nSPS) is 48.5. The fraction of sp³-hybridized carbons (Fsp3) is 0.900. The van der Waals surface area contributed by atoms with E-state index in [0.717, 1.165) is 25.2 Å². The maximum atomic E-state index is 12.0. The van der Waals surface area contributed by atoms with E-state index in [1.807, 2.05) is 0 Å². The van der Waals surface area contributed by atoms with E-state index in [9.17, 15) is 15.0 Å². The van der Waals surface area contributed by atoms with Gasteiger partial charge in [-0.1, -0.05) is 39.8 Å². The number of carbonyl (C=O) groups is 1. The molecular formula is C30H50O3. The first kappa shape index (κ1) is 25.3. The predicted molar refractivity (Wildman–Crippen MR) is 135 cm³/mol. The number of rotatable bonds is 5. The van der Waals surface area contributed by atoms with Crippen molar-refractivity contribution >= 4 is 5.97 Å². The van der Waals surface area contributed by atoms with Gasteiger partial charge in [-0.3, -0.25) is 4.79 Å². The van der Waals surface area contributed by atoms with Crippen LogP contribution in [0.25, 0.3) is 0 Å².